The molecule has 0 radical (unpaired) electrons. The number of ether oxygens (including phenoxy) is 1. The summed E-state index contributed by atoms with van der Waals surface area (Å²) in [4.78, 5) is 26.1. The molecule has 158 valence electrons. The summed E-state index contributed by atoms with van der Waals surface area (Å²) in [7, 11) is 0. The number of aliphatic carboxylic acids is 1. The van der Waals surface area contributed by atoms with E-state index in [0.717, 1.165) is 16.7 Å². The number of fused-ring (bicyclic) bond motifs is 3. The molecule has 2 heterocycles. The Bertz CT molecular complexity index is 1120. The van der Waals surface area contributed by atoms with Crippen molar-refractivity contribution in [1.29, 1.82) is 0 Å². The van der Waals surface area contributed by atoms with Gasteiger partial charge < -0.3 is 14.7 Å². The lowest BCUT2D eigenvalue weighted by Gasteiger charge is -2.46. The van der Waals surface area contributed by atoms with Crippen molar-refractivity contribution in [1.82, 2.24) is 4.90 Å². The lowest BCUT2D eigenvalue weighted by Crippen LogP contribution is -2.63. The van der Waals surface area contributed by atoms with Crippen molar-refractivity contribution in [2.45, 2.75) is 12.3 Å². The number of carbonyl (C=O) groups excluding carboxylic acids is 1. The Labute approximate surface area is 188 Å². The predicted molar refractivity (Wildman–Crippen MR) is 120 cm³/mol. The minimum atomic E-state index is -1.02. The van der Waals surface area contributed by atoms with E-state index in [-0.39, 0.29) is 25.6 Å². The Hall–Kier alpha value is -2.83. The lowest BCUT2D eigenvalue weighted by molar-refractivity contribution is -0.158. The molecule has 0 atom stereocenters. The fraction of sp³-hybridized carbons (Fsp3) is 0.250. The summed E-state index contributed by atoms with van der Waals surface area (Å²) in [5.41, 5.74) is 4.41. The van der Waals surface area contributed by atoms with Crippen LogP contribution in [0.2, 0.25) is 4.34 Å². The van der Waals surface area contributed by atoms with E-state index in [9.17, 15) is 14.7 Å². The van der Waals surface area contributed by atoms with Gasteiger partial charge in [0.15, 0.2) is 0 Å². The third-order valence-corrected chi connectivity index (χ3v) is 7.51. The minimum absolute atomic E-state index is 0.0218. The number of hydrogen-bond acceptors (Lipinski definition) is 4. The molecule has 1 fully saturated rings. The topological polar surface area (TPSA) is 66.8 Å². The SMILES string of the molecule is O=C(OCC1c2ccccc2-c2ccccc21)N1CC(Cc2ccsc2Cl)(C(=O)O)C1. The van der Waals surface area contributed by atoms with Crippen molar-refractivity contribution < 1.29 is 19.4 Å². The summed E-state index contributed by atoms with van der Waals surface area (Å²) in [6, 6.07) is 18.1. The molecule has 5 rings (SSSR count). The van der Waals surface area contributed by atoms with Crippen LogP contribution in [0.4, 0.5) is 4.79 Å². The quantitative estimate of drug-likeness (QED) is 0.570. The third kappa shape index (κ3) is 3.40. The van der Waals surface area contributed by atoms with Gasteiger partial charge in [-0.3, -0.25) is 4.79 Å². The first-order chi connectivity index (χ1) is 15.0. The summed E-state index contributed by atoms with van der Waals surface area (Å²) >= 11 is 7.53. The van der Waals surface area contributed by atoms with Crippen molar-refractivity contribution in [3.63, 3.8) is 0 Å². The molecule has 1 aromatic heterocycles. The number of carbonyl (C=O) groups is 2. The molecule has 0 unspecified atom stereocenters. The zero-order valence-corrected chi connectivity index (χ0v) is 18.2. The molecular formula is C24H20ClNO4S. The van der Waals surface area contributed by atoms with Crippen LogP contribution in [0.3, 0.4) is 0 Å². The second kappa shape index (κ2) is 7.70. The molecule has 2 aliphatic rings. The van der Waals surface area contributed by atoms with Crippen LogP contribution in [0.25, 0.3) is 11.1 Å². The summed E-state index contributed by atoms with van der Waals surface area (Å²) in [5, 5.41) is 11.6. The molecule has 1 aliphatic heterocycles. The first-order valence-corrected chi connectivity index (χ1v) is 11.3. The fourth-order valence-electron chi connectivity index (χ4n) is 4.63. The van der Waals surface area contributed by atoms with Gasteiger partial charge in [0.25, 0.3) is 0 Å². The Morgan fingerprint density at radius 2 is 1.68 bits per heavy atom. The molecular weight excluding hydrogens is 434 g/mol. The molecule has 0 saturated carbocycles. The average molecular weight is 454 g/mol. The minimum Gasteiger partial charge on any atom is -0.481 e. The van der Waals surface area contributed by atoms with E-state index in [4.69, 9.17) is 16.3 Å². The molecule has 1 aliphatic carbocycles. The first-order valence-electron chi connectivity index (χ1n) is 10.0. The summed E-state index contributed by atoms with van der Waals surface area (Å²) in [5.74, 6) is -0.941. The number of carboxylic acids is 1. The molecule has 31 heavy (non-hydrogen) atoms. The maximum absolute atomic E-state index is 12.7. The van der Waals surface area contributed by atoms with Crippen molar-refractivity contribution in [3.8, 4) is 11.1 Å². The van der Waals surface area contributed by atoms with Crippen molar-refractivity contribution in [2.24, 2.45) is 5.41 Å². The fourth-order valence-corrected chi connectivity index (χ4v) is 5.56. The number of rotatable bonds is 5. The highest BCUT2D eigenvalue weighted by Crippen LogP contribution is 2.45. The van der Waals surface area contributed by atoms with Crippen LogP contribution >= 0.6 is 22.9 Å². The Balaban J connectivity index is 1.26. The molecule has 0 bridgehead atoms. The maximum Gasteiger partial charge on any atom is 0.409 e. The number of halogens is 1. The number of carboxylic acid groups (broad SMARTS) is 1. The van der Waals surface area contributed by atoms with Gasteiger partial charge in [-0.05, 0) is 45.7 Å². The summed E-state index contributed by atoms with van der Waals surface area (Å²) in [6.07, 6.45) is -0.173. The zero-order chi connectivity index (χ0) is 21.6. The van der Waals surface area contributed by atoms with Gasteiger partial charge in [0.05, 0.1) is 4.34 Å². The number of benzene rings is 2. The second-order valence-corrected chi connectivity index (χ2v) is 9.66. The van der Waals surface area contributed by atoms with Crippen LogP contribution < -0.4 is 0 Å². The highest BCUT2D eigenvalue weighted by Gasteiger charge is 2.52. The van der Waals surface area contributed by atoms with Gasteiger partial charge in [-0.1, -0.05) is 60.1 Å². The Kier molecular flexibility index (Phi) is 4.99. The van der Waals surface area contributed by atoms with Gasteiger partial charge in [-0.2, -0.15) is 0 Å². The van der Waals surface area contributed by atoms with E-state index in [1.165, 1.54) is 27.4 Å². The van der Waals surface area contributed by atoms with E-state index >= 15 is 0 Å². The van der Waals surface area contributed by atoms with E-state index in [1.54, 1.807) is 0 Å². The van der Waals surface area contributed by atoms with Crippen molar-refractivity contribution >= 4 is 35.0 Å². The molecule has 1 N–H and O–H groups in total. The number of likely N-dealkylation sites (tertiary alicyclic amines) is 1. The van der Waals surface area contributed by atoms with Crippen LogP contribution in [-0.4, -0.2) is 41.8 Å². The Morgan fingerprint density at radius 1 is 1.06 bits per heavy atom. The molecule has 5 nitrogen and oxygen atoms in total. The van der Waals surface area contributed by atoms with Crippen LogP contribution in [0.5, 0.6) is 0 Å². The maximum atomic E-state index is 12.7. The van der Waals surface area contributed by atoms with Gasteiger partial charge >= 0.3 is 12.1 Å². The smallest absolute Gasteiger partial charge is 0.409 e. The van der Waals surface area contributed by atoms with Crippen molar-refractivity contribution in [2.75, 3.05) is 19.7 Å². The third-order valence-electron chi connectivity index (χ3n) is 6.26. The van der Waals surface area contributed by atoms with E-state index in [0.29, 0.717) is 10.8 Å². The highest BCUT2D eigenvalue weighted by molar-refractivity contribution is 7.14. The number of amides is 1. The first kappa shape index (κ1) is 20.1. The molecule has 7 heteroatoms. The van der Waals surface area contributed by atoms with E-state index in [1.807, 2.05) is 35.7 Å². The summed E-state index contributed by atoms with van der Waals surface area (Å²) in [6.45, 7) is 0.455. The molecule has 1 saturated heterocycles. The van der Waals surface area contributed by atoms with Crippen LogP contribution in [0, 0.1) is 5.41 Å². The molecule has 0 spiro atoms. The van der Waals surface area contributed by atoms with E-state index in [2.05, 4.69) is 24.3 Å². The lowest BCUT2D eigenvalue weighted by atomic mass is 9.75. The Morgan fingerprint density at radius 3 is 2.23 bits per heavy atom. The second-order valence-electron chi connectivity index (χ2n) is 8.14. The largest absolute Gasteiger partial charge is 0.481 e. The molecule has 2 aromatic carbocycles. The molecule has 1 amide bonds. The predicted octanol–water partition coefficient (Wildman–Crippen LogP) is 5.28. The number of hydrogen-bond donors (Lipinski definition) is 1. The summed E-state index contributed by atoms with van der Waals surface area (Å²) < 4.78 is 6.24. The van der Waals surface area contributed by atoms with Gasteiger partial charge in [0.2, 0.25) is 0 Å². The monoisotopic (exact) mass is 453 g/mol. The molecule has 3 aromatic rings. The normalized spacial score (nSPS) is 16.4. The zero-order valence-electron chi connectivity index (χ0n) is 16.6. The van der Waals surface area contributed by atoms with Gasteiger partial charge in [0, 0.05) is 19.0 Å². The van der Waals surface area contributed by atoms with Gasteiger partial charge in [0.1, 0.15) is 12.0 Å². The number of nitrogens with zero attached hydrogens (tertiary/aromatic N) is 1. The standard InChI is InChI=1S/C24H20ClNO4S/c25-21-15(9-10-31-21)11-24(22(27)28)13-26(14-24)23(29)30-12-20-18-7-3-1-5-16(18)17-6-2-4-8-19(17)20/h1-10,20H,11-14H2,(H,27,28). The van der Waals surface area contributed by atoms with Gasteiger partial charge in [-0.25, -0.2) is 4.79 Å². The van der Waals surface area contributed by atoms with Crippen molar-refractivity contribution in [3.05, 3.63) is 81.0 Å². The van der Waals surface area contributed by atoms with Crippen LogP contribution in [-0.2, 0) is 16.0 Å². The average Bonchev–Trinajstić information content (AvgIpc) is 3.29. The van der Waals surface area contributed by atoms with Crippen LogP contribution in [0.15, 0.2) is 60.0 Å². The van der Waals surface area contributed by atoms with Gasteiger partial charge in [-0.15, -0.1) is 11.3 Å². The van der Waals surface area contributed by atoms with Crippen LogP contribution in [0.1, 0.15) is 22.6 Å². The highest BCUT2D eigenvalue weighted by atomic mass is 35.5. The van der Waals surface area contributed by atoms with E-state index < -0.39 is 17.5 Å². The number of thiophene rings is 1.